The number of fused-ring (bicyclic) bond motifs is 1. The van der Waals surface area contributed by atoms with Gasteiger partial charge in [-0.05, 0) is 24.6 Å². The Labute approximate surface area is 100 Å². The van der Waals surface area contributed by atoms with Crippen LogP contribution in [0, 0.1) is 0 Å². The molecule has 0 bridgehead atoms. The summed E-state index contributed by atoms with van der Waals surface area (Å²) in [7, 11) is 1.37. The Morgan fingerprint density at radius 1 is 1.41 bits per heavy atom. The molecule has 1 aliphatic heterocycles. The predicted octanol–water partition coefficient (Wildman–Crippen LogP) is 2.65. The maximum absolute atomic E-state index is 11.8. The van der Waals surface area contributed by atoms with Crippen LogP contribution in [0.2, 0.25) is 0 Å². The van der Waals surface area contributed by atoms with Crippen LogP contribution < -0.4 is 4.90 Å². The Morgan fingerprint density at radius 2 is 2.18 bits per heavy atom. The highest BCUT2D eigenvalue weighted by molar-refractivity contribution is 5.93. The van der Waals surface area contributed by atoms with Gasteiger partial charge in [0, 0.05) is 6.61 Å². The van der Waals surface area contributed by atoms with Crippen molar-refractivity contribution >= 4 is 17.9 Å². The van der Waals surface area contributed by atoms with Crippen molar-refractivity contribution < 1.29 is 14.3 Å². The molecule has 2 rings (SSSR count). The monoisotopic (exact) mass is 233 g/mol. The second-order valence-electron chi connectivity index (χ2n) is 3.60. The SMILES string of the molecule is CCOC1C=Cc2ccccc2N1C(=O)OC. The number of methoxy groups -OCH3 is 1. The summed E-state index contributed by atoms with van der Waals surface area (Å²) in [5, 5.41) is 0. The van der Waals surface area contributed by atoms with Crippen molar-refractivity contribution in [1.29, 1.82) is 0 Å². The largest absolute Gasteiger partial charge is 0.452 e. The van der Waals surface area contributed by atoms with Gasteiger partial charge in [-0.1, -0.05) is 24.3 Å². The summed E-state index contributed by atoms with van der Waals surface area (Å²) in [4.78, 5) is 13.3. The van der Waals surface area contributed by atoms with E-state index in [0.29, 0.717) is 6.61 Å². The highest BCUT2D eigenvalue weighted by Gasteiger charge is 2.28. The third-order valence-corrected chi connectivity index (χ3v) is 2.60. The van der Waals surface area contributed by atoms with Crippen molar-refractivity contribution in [2.24, 2.45) is 0 Å². The molecule has 4 heteroatoms. The van der Waals surface area contributed by atoms with Crippen molar-refractivity contribution in [3.8, 4) is 0 Å². The number of hydrogen-bond acceptors (Lipinski definition) is 3. The molecular formula is C13H15NO3. The lowest BCUT2D eigenvalue weighted by Gasteiger charge is -2.32. The van der Waals surface area contributed by atoms with Crippen molar-refractivity contribution in [2.75, 3.05) is 18.6 Å². The molecule has 4 nitrogen and oxygen atoms in total. The number of carbonyl (C=O) groups excluding carboxylic acids is 1. The van der Waals surface area contributed by atoms with E-state index >= 15 is 0 Å². The number of nitrogens with zero attached hydrogens (tertiary/aromatic N) is 1. The Hall–Kier alpha value is -1.81. The highest BCUT2D eigenvalue weighted by atomic mass is 16.6. The molecule has 0 fully saturated rings. The Balaban J connectivity index is 2.40. The van der Waals surface area contributed by atoms with Gasteiger partial charge in [-0.3, -0.25) is 0 Å². The second-order valence-corrected chi connectivity index (χ2v) is 3.60. The van der Waals surface area contributed by atoms with E-state index in [1.165, 1.54) is 12.0 Å². The van der Waals surface area contributed by atoms with E-state index in [4.69, 9.17) is 9.47 Å². The molecule has 1 aliphatic rings. The van der Waals surface area contributed by atoms with Gasteiger partial charge in [0.05, 0.1) is 12.8 Å². The van der Waals surface area contributed by atoms with Gasteiger partial charge >= 0.3 is 6.09 Å². The van der Waals surface area contributed by atoms with Gasteiger partial charge < -0.3 is 9.47 Å². The number of hydrogen-bond donors (Lipinski definition) is 0. The maximum atomic E-state index is 11.8. The fraction of sp³-hybridized carbons (Fsp3) is 0.308. The molecule has 1 heterocycles. The standard InChI is InChI=1S/C13H15NO3/c1-3-17-12-9-8-10-6-4-5-7-11(10)14(12)13(15)16-2/h4-9,12H,3H2,1-2H3. The van der Waals surface area contributed by atoms with Gasteiger partial charge in [0.25, 0.3) is 0 Å². The van der Waals surface area contributed by atoms with E-state index in [1.807, 2.05) is 43.3 Å². The Bertz CT molecular complexity index is 442. The number of ether oxygens (including phenoxy) is 2. The second kappa shape index (κ2) is 5.01. The third kappa shape index (κ3) is 2.17. The molecule has 0 aromatic heterocycles. The van der Waals surface area contributed by atoms with Crippen LogP contribution >= 0.6 is 0 Å². The fourth-order valence-electron chi connectivity index (χ4n) is 1.86. The first kappa shape index (κ1) is 11.7. The molecule has 1 atom stereocenters. The zero-order valence-electron chi connectivity index (χ0n) is 9.92. The molecule has 1 aromatic carbocycles. The first-order valence-electron chi connectivity index (χ1n) is 5.54. The summed E-state index contributed by atoms with van der Waals surface area (Å²) in [5.74, 6) is 0. The van der Waals surface area contributed by atoms with Crippen molar-refractivity contribution in [3.05, 3.63) is 35.9 Å². The molecule has 1 unspecified atom stereocenters. The van der Waals surface area contributed by atoms with E-state index in [0.717, 1.165) is 11.3 Å². The van der Waals surface area contributed by atoms with Gasteiger partial charge in [0.15, 0.2) is 6.23 Å². The number of benzene rings is 1. The minimum absolute atomic E-state index is 0.401. The van der Waals surface area contributed by atoms with Gasteiger partial charge in [0.2, 0.25) is 0 Å². The first-order valence-corrected chi connectivity index (χ1v) is 5.54. The Kier molecular flexibility index (Phi) is 3.44. The fourth-order valence-corrected chi connectivity index (χ4v) is 1.86. The predicted molar refractivity (Wildman–Crippen MR) is 65.8 cm³/mol. The summed E-state index contributed by atoms with van der Waals surface area (Å²) >= 11 is 0. The summed E-state index contributed by atoms with van der Waals surface area (Å²) < 4.78 is 10.3. The number of para-hydroxylation sites is 1. The van der Waals surface area contributed by atoms with E-state index in [2.05, 4.69) is 0 Å². The van der Waals surface area contributed by atoms with Gasteiger partial charge in [0.1, 0.15) is 0 Å². The molecule has 0 saturated heterocycles. The molecule has 17 heavy (non-hydrogen) atoms. The van der Waals surface area contributed by atoms with Crippen molar-refractivity contribution in [3.63, 3.8) is 0 Å². The molecule has 0 saturated carbocycles. The molecule has 90 valence electrons. The van der Waals surface area contributed by atoms with Crippen LogP contribution in [0.4, 0.5) is 10.5 Å². The van der Waals surface area contributed by atoms with Crippen molar-refractivity contribution in [1.82, 2.24) is 0 Å². The number of rotatable bonds is 2. The summed E-state index contributed by atoms with van der Waals surface area (Å²) in [6.45, 7) is 2.43. The van der Waals surface area contributed by atoms with Crippen molar-refractivity contribution in [2.45, 2.75) is 13.2 Å². The Morgan fingerprint density at radius 3 is 2.88 bits per heavy atom. The van der Waals surface area contributed by atoms with E-state index in [9.17, 15) is 4.79 Å². The third-order valence-electron chi connectivity index (χ3n) is 2.60. The molecule has 1 aromatic rings. The summed E-state index contributed by atoms with van der Waals surface area (Å²) in [6, 6.07) is 7.64. The molecule has 0 spiro atoms. The smallest absolute Gasteiger partial charge is 0.416 e. The highest BCUT2D eigenvalue weighted by Crippen LogP contribution is 2.29. The normalized spacial score (nSPS) is 17.8. The average Bonchev–Trinajstić information content (AvgIpc) is 2.38. The summed E-state index contributed by atoms with van der Waals surface area (Å²) in [6.07, 6.45) is 2.99. The van der Waals surface area contributed by atoms with Crippen LogP contribution in [0.5, 0.6) is 0 Å². The quantitative estimate of drug-likeness (QED) is 0.788. The van der Waals surface area contributed by atoms with Crippen LogP contribution in [0.25, 0.3) is 6.08 Å². The van der Waals surface area contributed by atoms with Crippen LogP contribution in [-0.4, -0.2) is 26.0 Å². The average molecular weight is 233 g/mol. The van der Waals surface area contributed by atoms with Crippen LogP contribution in [0.3, 0.4) is 0 Å². The minimum atomic E-state index is -0.416. The minimum Gasteiger partial charge on any atom is -0.452 e. The molecule has 0 N–H and O–H groups in total. The topological polar surface area (TPSA) is 38.8 Å². The molecule has 0 aliphatic carbocycles. The molecule has 1 amide bonds. The number of anilines is 1. The number of carbonyl (C=O) groups is 1. The van der Waals surface area contributed by atoms with E-state index < -0.39 is 12.3 Å². The molecule has 0 radical (unpaired) electrons. The zero-order valence-corrected chi connectivity index (χ0v) is 9.92. The van der Waals surface area contributed by atoms with Gasteiger partial charge in [-0.25, -0.2) is 9.69 Å². The van der Waals surface area contributed by atoms with Crippen LogP contribution in [0.15, 0.2) is 30.3 Å². The van der Waals surface area contributed by atoms with Crippen LogP contribution in [0.1, 0.15) is 12.5 Å². The first-order chi connectivity index (χ1) is 8.27. The maximum Gasteiger partial charge on any atom is 0.416 e. The van der Waals surface area contributed by atoms with Crippen LogP contribution in [-0.2, 0) is 9.47 Å². The van der Waals surface area contributed by atoms with E-state index in [1.54, 1.807) is 0 Å². The number of amides is 1. The zero-order chi connectivity index (χ0) is 12.3. The van der Waals surface area contributed by atoms with Gasteiger partial charge in [-0.2, -0.15) is 0 Å². The van der Waals surface area contributed by atoms with E-state index in [-0.39, 0.29) is 0 Å². The lowest BCUT2D eigenvalue weighted by molar-refractivity contribution is 0.0865. The lowest BCUT2D eigenvalue weighted by Crippen LogP contribution is -2.42. The molecular weight excluding hydrogens is 218 g/mol. The summed E-state index contributed by atoms with van der Waals surface area (Å²) in [5.41, 5.74) is 1.79. The van der Waals surface area contributed by atoms with Gasteiger partial charge in [-0.15, -0.1) is 0 Å². The lowest BCUT2D eigenvalue weighted by atomic mass is 10.1.